The van der Waals surface area contributed by atoms with E-state index in [0.29, 0.717) is 0 Å². The van der Waals surface area contributed by atoms with Crippen LogP contribution in [-0.2, 0) is 5.41 Å². The maximum atomic E-state index is 3.89. The summed E-state index contributed by atoms with van der Waals surface area (Å²) in [5.41, 5.74) is 17.1. The Labute approximate surface area is 229 Å². The van der Waals surface area contributed by atoms with Crippen molar-refractivity contribution in [1.29, 1.82) is 0 Å². The van der Waals surface area contributed by atoms with Gasteiger partial charge in [0.2, 0.25) is 0 Å². The zero-order valence-electron chi connectivity index (χ0n) is 22.3. The summed E-state index contributed by atoms with van der Waals surface area (Å²) in [6, 6.07) is 43.0. The highest BCUT2D eigenvalue weighted by Crippen LogP contribution is 2.52. The number of hydrogen-bond acceptors (Lipinski definition) is 0. The van der Waals surface area contributed by atoms with Gasteiger partial charge in [-0.25, -0.2) is 0 Å². The van der Waals surface area contributed by atoms with Gasteiger partial charge in [0, 0.05) is 5.41 Å². The molecule has 0 heterocycles. The first-order chi connectivity index (χ1) is 19.0. The summed E-state index contributed by atoms with van der Waals surface area (Å²) in [7, 11) is 0. The Bertz CT molecular complexity index is 1950. The molecule has 39 heavy (non-hydrogen) atoms. The lowest BCUT2D eigenvalue weighted by Gasteiger charge is -2.23. The van der Waals surface area contributed by atoms with E-state index in [1.807, 2.05) is 6.08 Å². The summed E-state index contributed by atoms with van der Waals surface area (Å²) in [5.74, 6) is 0. The minimum absolute atomic E-state index is 0.0805. The highest BCUT2D eigenvalue weighted by Gasteiger charge is 2.36. The summed E-state index contributed by atoms with van der Waals surface area (Å²) in [6.07, 6.45) is 1.89. The summed E-state index contributed by atoms with van der Waals surface area (Å²) < 4.78 is 0. The average Bonchev–Trinajstić information content (AvgIpc) is 3.43. The van der Waals surface area contributed by atoms with E-state index < -0.39 is 0 Å². The lowest BCUT2D eigenvalue weighted by molar-refractivity contribution is 0.661. The van der Waals surface area contributed by atoms with Crippen molar-refractivity contribution in [1.82, 2.24) is 0 Å². The SMILES string of the molecule is C=Cc1ccc(-c2ccc3c(c2)C(C)(C)c2cc(-c4ccc5c6c(cccc46)-c4ccccc4-5)ccc2-3)cc1. The van der Waals surface area contributed by atoms with Gasteiger partial charge in [0.25, 0.3) is 0 Å². The molecule has 0 bridgehead atoms. The molecule has 0 spiro atoms. The molecule has 6 aromatic carbocycles. The molecular weight excluding hydrogens is 468 g/mol. The molecule has 0 heteroatoms. The summed E-state index contributed by atoms with van der Waals surface area (Å²) in [5, 5.41) is 2.71. The Morgan fingerprint density at radius 2 is 1.03 bits per heavy atom. The Hall–Kier alpha value is -4.68. The quantitative estimate of drug-likeness (QED) is 0.228. The van der Waals surface area contributed by atoms with E-state index in [2.05, 4.69) is 136 Å². The second-order valence-electron chi connectivity index (χ2n) is 11.4. The number of benzene rings is 6. The molecule has 6 aromatic rings. The van der Waals surface area contributed by atoms with E-state index in [4.69, 9.17) is 0 Å². The van der Waals surface area contributed by atoms with Crippen LogP contribution in [0.1, 0.15) is 30.5 Å². The zero-order chi connectivity index (χ0) is 26.3. The minimum atomic E-state index is -0.0805. The van der Waals surface area contributed by atoms with Crippen LogP contribution in [0.5, 0.6) is 0 Å². The third-order valence-electron chi connectivity index (χ3n) is 9.01. The van der Waals surface area contributed by atoms with E-state index in [1.165, 1.54) is 77.5 Å². The van der Waals surface area contributed by atoms with Gasteiger partial charge in [-0.2, -0.15) is 0 Å². The molecule has 0 amide bonds. The maximum Gasteiger partial charge on any atom is 0.0159 e. The molecule has 0 aromatic heterocycles. The second kappa shape index (κ2) is 7.91. The predicted octanol–water partition coefficient (Wildman–Crippen LogP) is 10.8. The average molecular weight is 497 g/mol. The molecule has 2 aliphatic carbocycles. The van der Waals surface area contributed by atoms with Crippen LogP contribution in [0.25, 0.3) is 72.5 Å². The highest BCUT2D eigenvalue weighted by molar-refractivity contribution is 6.18. The summed E-state index contributed by atoms with van der Waals surface area (Å²) in [4.78, 5) is 0. The van der Waals surface area contributed by atoms with Crippen LogP contribution in [0.3, 0.4) is 0 Å². The van der Waals surface area contributed by atoms with Gasteiger partial charge in [-0.15, -0.1) is 0 Å². The lowest BCUT2D eigenvalue weighted by Crippen LogP contribution is -2.15. The fourth-order valence-corrected chi connectivity index (χ4v) is 6.96. The monoisotopic (exact) mass is 496 g/mol. The van der Waals surface area contributed by atoms with Gasteiger partial charge in [-0.05, 0) is 95.2 Å². The van der Waals surface area contributed by atoms with Crippen LogP contribution in [-0.4, -0.2) is 0 Å². The van der Waals surface area contributed by atoms with Gasteiger partial charge < -0.3 is 0 Å². The van der Waals surface area contributed by atoms with Crippen molar-refractivity contribution in [3.05, 3.63) is 139 Å². The van der Waals surface area contributed by atoms with Crippen molar-refractivity contribution < 1.29 is 0 Å². The van der Waals surface area contributed by atoms with E-state index >= 15 is 0 Å². The van der Waals surface area contributed by atoms with E-state index in [9.17, 15) is 0 Å². The third-order valence-corrected chi connectivity index (χ3v) is 9.01. The van der Waals surface area contributed by atoms with Gasteiger partial charge >= 0.3 is 0 Å². The molecule has 0 saturated carbocycles. The first kappa shape index (κ1) is 22.3. The summed E-state index contributed by atoms with van der Waals surface area (Å²) >= 11 is 0. The van der Waals surface area contributed by atoms with Crippen molar-refractivity contribution in [3.8, 4) is 55.6 Å². The number of rotatable bonds is 3. The first-order valence-corrected chi connectivity index (χ1v) is 13.7. The Kier molecular flexibility index (Phi) is 4.53. The summed E-state index contributed by atoms with van der Waals surface area (Å²) in [6.45, 7) is 8.63. The van der Waals surface area contributed by atoms with Gasteiger partial charge in [0.15, 0.2) is 0 Å². The van der Waals surface area contributed by atoms with Crippen molar-refractivity contribution in [3.63, 3.8) is 0 Å². The first-order valence-electron chi connectivity index (χ1n) is 13.7. The van der Waals surface area contributed by atoms with Gasteiger partial charge in [0.1, 0.15) is 0 Å². The topological polar surface area (TPSA) is 0 Å². The number of hydrogen-bond donors (Lipinski definition) is 0. The molecule has 0 nitrogen and oxygen atoms in total. The van der Waals surface area contributed by atoms with Crippen LogP contribution in [0.2, 0.25) is 0 Å². The molecule has 0 fully saturated rings. The van der Waals surface area contributed by atoms with Crippen LogP contribution in [0.15, 0.2) is 122 Å². The van der Waals surface area contributed by atoms with Crippen molar-refractivity contribution in [2.24, 2.45) is 0 Å². The lowest BCUT2D eigenvalue weighted by atomic mass is 9.80. The molecule has 0 atom stereocenters. The second-order valence-corrected chi connectivity index (χ2v) is 11.4. The fourth-order valence-electron chi connectivity index (χ4n) is 6.96. The molecule has 184 valence electrons. The highest BCUT2D eigenvalue weighted by atomic mass is 14.4. The smallest absolute Gasteiger partial charge is 0.0159 e. The molecule has 0 N–H and O–H groups in total. The minimum Gasteiger partial charge on any atom is -0.0985 e. The molecule has 8 rings (SSSR count). The normalized spacial score (nSPS) is 13.7. The standard InChI is InChI=1S/C39H28/c1-4-24-12-14-25(15-13-24)26-16-18-31-32-19-17-27(23-37(32)39(2,3)36(31)22-26)28-20-21-35-30-9-6-5-8-29(30)34-11-7-10-33(28)38(34)35/h4-23H,1H2,2-3H3. The van der Waals surface area contributed by atoms with Crippen LogP contribution in [0, 0.1) is 0 Å². The van der Waals surface area contributed by atoms with Crippen LogP contribution in [0.4, 0.5) is 0 Å². The van der Waals surface area contributed by atoms with Gasteiger partial charge in [-0.3, -0.25) is 0 Å². The Morgan fingerprint density at radius 3 is 1.72 bits per heavy atom. The Morgan fingerprint density at radius 1 is 0.487 bits per heavy atom. The fraction of sp³-hybridized carbons (Fsp3) is 0.0769. The van der Waals surface area contributed by atoms with E-state index in [-0.39, 0.29) is 5.41 Å². The molecule has 0 unspecified atom stereocenters. The number of fused-ring (bicyclic) bond motifs is 6. The Balaban J connectivity index is 1.26. The van der Waals surface area contributed by atoms with E-state index in [1.54, 1.807) is 0 Å². The van der Waals surface area contributed by atoms with Crippen LogP contribution >= 0.6 is 0 Å². The molecule has 0 saturated heterocycles. The van der Waals surface area contributed by atoms with Gasteiger partial charge in [-0.1, -0.05) is 130 Å². The predicted molar refractivity (Wildman–Crippen MR) is 167 cm³/mol. The van der Waals surface area contributed by atoms with Crippen molar-refractivity contribution >= 4 is 16.8 Å². The molecular formula is C39H28. The molecule has 0 radical (unpaired) electrons. The van der Waals surface area contributed by atoms with Crippen LogP contribution < -0.4 is 0 Å². The zero-order valence-corrected chi connectivity index (χ0v) is 22.3. The molecule has 2 aliphatic rings. The van der Waals surface area contributed by atoms with Gasteiger partial charge in [0.05, 0.1) is 0 Å². The third kappa shape index (κ3) is 3.06. The molecule has 0 aliphatic heterocycles. The maximum absolute atomic E-state index is 3.89. The largest absolute Gasteiger partial charge is 0.0985 e. The van der Waals surface area contributed by atoms with E-state index in [0.717, 1.165) is 5.56 Å². The van der Waals surface area contributed by atoms with Crippen molar-refractivity contribution in [2.75, 3.05) is 0 Å². The van der Waals surface area contributed by atoms with Crippen molar-refractivity contribution in [2.45, 2.75) is 19.3 Å².